The van der Waals surface area contributed by atoms with Crippen LogP contribution in [0.4, 0.5) is 0 Å². The van der Waals surface area contributed by atoms with Crippen molar-refractivity contribution in [2.45, 2.75) is 32.3 Å². The summed E-state index contributed by atoms with van der Waals surface area (Å²) in [4.78, 5) is 12.6. The van der Waals surface area contributed by atoms with Gasteiger partial charge in [-0.05, 0) is 25.8 Å². The SMILES string of the molecule is CCS(=O)(=O)CCCN1CCC(OCC(=O)O)CC1. The molecule has 1 N–H and O–H groups in total. The Labute approximate surface area is 114 Å². The normalized spacial score (nSPS) is 18.6. The molecule has 1 rings (SSSR count). The first-order valence-electron chi connectivity index (χ1n) is 6.69. The lowest BCUT2D eigenvalue weighted by molar-refractivity contribution is -0.145. The molecule has 19 heavy (non-hydrogen) atoms. The summed E-state index contributed by atoms with van der Waals surface area (Å²) in [5.41, 5.74) is 0. The fourth-order valence-electron chi connectivity index (χ4n) is 2.14. The predicted octanol–water partition coefficient (Wildman–Crippen LogP) is 0.377. The van der Waals surface area contributed by atoms with E-state index in [1.807, 2.05) is 0 Å². The Bertz CT molecular complexity index is 374. The molecule has 1 saturated heterocycles. The second-order valence-corrected chi connectivity index (χ2v) is 7.31. The van der Waals surface area contributed by atoms with Gasteiger partial charge in [-0.2, -0.15) is 0 Å². The van der Waals surface area contributed by atoms with Gasteiger partial charge in [0.25, 0.3) is 0 Å². The summed E-state index contributed by atoms with van der Waals surface area (Å²) in [7, 11) is -2.87. The van der Waals surface area contributed by atoms with E-state index < -0.39 is 15.8 Å². The summed E-state index contributed by atoms with van der Waals surface area (Å²) < 4.78 is 27.9. The number of nitrogens with zero attached hydrogens (tertiary/aromatic N) is 1. The van der Waals surface area contributed by atoms with E-state index in [0.717, 1.165) is 32.5 Å². The Kier molecular flexibility index (Phi) is 6.74. The molecule has 0 aromatic rings. The van der Waals surface area contributed by atoms with Crippen molar-refractivity contribution < 1.29 is 23.1 Å². The molecule has 112 valence electrons. The van der Waals surface area contributed by atoms with Crippen molar-refractivity contribution in [3.05, 3.63) is 0 Å². The average molecular weight is 293 g/mol. The lowest BCUT2D eigenvalue weighted by atomic mass is 10.1. The van der Waals surface area contributed by atoms with E-state index in [4.69, 9.17) is 9.84 Å². The number of hydrogen-bond acceptors (Lipinski definition) is 5. The van der Waals surface area contributed by atoms with Crippen LogP contribution in [0.15, 0.2) is 0 Å². The van der Waals surface area contributed by atoms with Crippen molar-refractivity contribution in [2.24, 2.45) is 0 Å². The van der Waals surface area contributed by atoms with Crippen LogP contribution in [0.2, 0.25) is 0 Å². The van der Waals surface area contributed by atoms with Crippen LogP contribution in [-0.2, 0) is 19.4 Å². The highest BCUT2D eigenvalue weighted by Crippen LogP contribution is 2.14. The van der Waals surface area contributed by atoms with Crippen molar-refractivity contribution in [1.29, 1.82) is 0 Å². The van der Waals surface area contributed by atoms with Gasteiger partial charge in [0.15, 0.2) is 0 Å². The monoisotopic (exact) mass is 293 g/mol. The molecule has 1 heterocycles. The van der Waals surface area contributed by atoms with E-state index in [9.17, 15) is 13.2 Å². The minimum absolute atomic E-state index is 0.0201. The highest BCUT2D eigenvalue weighted by Gasteiger charge is 2.20. The van der Waals surface area contributed by atoms with Crippen molar-refractivity contribution in [1.82, 2.24) is 4.90 Å². The number of sulfone groups is 1. The smallest absolute Gasteiger partial charge is 0.329 e. The number of carboxylic acids is 1. The number of rotatable bonds is 8. The molecule has 0 spiro atoms. The Morgan fingerprint density at radius 2 is 2.00 bits per heavy atom. The lowest BCUT2D eigenvalue weighted by Crippen LogP contribution is -2.38. The summed E-state index contributed by atoms with van der Waals surface area (Å²) in [6.45, 7) is 3.90. The van der Waals surface area contributed by atoms with Crippen molar-refractivity contribution in [2.75, 3.05) is 37.7 Å². The minimum Gasteiger partial charge on any atom is -0.480 e. The topological polar surface area (TPSA) is 83.9 Å². The van der Waals surface area contributed by atoms with Crippen LogP contribution in [0.25, 0.3) is 0 Å². The number of carboxylic acid groups (broad SMARTS) is 1. The van der Waals surface area contributed by atoms with Gasteiger partial charge in [0.1, 0.15) is 16.4 Å². The van der Waals surface area contributed by atoms with Crippen molar-refractivity contribution in [3.8, 4) is 0 Å². The van der Waals surface area contributed by atoms with Gasteiger partial charge in [-0.3, -0.25) is 0 Å². The van der Waals surface area contributed by atoms with E-state index in [1.165, 1.54) is 0 Å². The van der Waals surface area contributed by atoms with Gasteiger partial charge >= 0.3 is 5.97 Å². The van der Waals surface area contributed by atoms with Gasteiger partial charge in [0.2, 0.25) is 0 Å². The van der Waals surface area contributed by atoms with Gasteiger partial charge in [0, 0.05) is 18.8 Å². The second kappa shape index (κ2) is 7.81. The van der Waals surface area contributed by atoms with Crippen molar-refractivity contribution >= 4 is 15.8 Å². The van der Waals surface area contributed by atoms with E-state index in [2.05, 4.69) is 4.90 Å². The molecular formula is C12H23NO5S. The molecule has 0 aromatic heterocycles. The molecule has 0 unspecified atom stereocenters. The summed E-state index contributed by atoms with van der Waals surface area (Å²) in [5, 5.41) is 8.52. The van der Waals surface area contributed by atoms with E-state index in [1.54, 1.807) is 6.92 Å². The van der Waals surface area contributed by atoms with Crippen molar-refractivity contribution in [3.63, 3.8) is 0 Å². The summed E-state index contributed by atoms with van der Waals surface area (Å²) >= 11 is 0. The third-order valence-corrected chi connectivity index (χ3v) is 5.14. The predicted molar refractivity (Wildman–Crippen MR) is 72.0 cm³/mol. The third kappa shape index (κ3) is 6.89. The van der Waals surface area contributed by atoms with Gasteiger partial charge in [-0.15, -0.1) is 0 Å². The minimum atomic E-state index is -2.87. The summed E-state index contributed by atoms with van der Waals surface area (Å²) in [5.74, 6) is -0.482. The second-order valence-electron chi connectivity index (χ2n) is 4.84. The van der Waals surface area contributed by atoms with Crippen LogP contribution in [-0.4, -0.2) is 68.2 Å². The fraction of sp³-hybridized carbons (Fsp3) is 0.917. The highest BCUT2D eigenvalue weighted by atomic mass is 32.2. The number of carbonyl (C=O) groups is 1. The zero-order valence-electron chi connectivity index (χ0n) is 11.4. The van der Waals surface area contributed by atoms with E-state index >= 15 is 0 Å². The van der Waals surface area contributed by atoms with Crippen LogP contribution in [0, 0.1) is 0 Å². The van der Waals surface area contributed by atoms with E-state index in [0.29, 0.717) is 6.42 Å². The molecule has 0 saturated carbocycles. The number of piperidine rings is 1. The highest BCUT2D eigenvalue weighted by molar-refractivity contribution is 7.91. The number of aliphatic carboxylic acids is 1. The standard InChI is InChI=1S/C12H23NO5S/c1-2-19(16,17)9-3-6-13-7-4-11(5-8-13)18-10-12(14)15/h11H,2-10H2,1H3,(H,14,15). The third-order valence-electron chi connectivity index (χ3n) is 3.35. The first-order valence-corrected chi connectivity index (χ1v) is 8.51. The molecule has 0 bridgehead atoms. The fourth-order valence-corrected chi connectivity index (χ4v) is 3.00. The molecule has 0 aromatic carbocycles. The molecule has 1 aliphatic rings. The zero-order chi connectivity index (χ0) is 14.3. The summed E-state index contributed by atoms with van der Waals surface area (Å²) in [6, 6.07) is 0. The Hall–Kier alpha value is -0.660. The van der Waals surface area contributed by atoms with Gasteiger partial charge < -0.3 is 14.7 Å². The van der Waals surface area contributed by atoms with Crippen LogP contribution in [0.3, 0.4) is 0 Å². The van der Waals surface area contributed by atoms with Crippen LogP contribution >= 0.6 is 0 Å². The molecule has 0 aliphatic carbocycles. The maximum Gasteiger partial charge on any atom is 0.329 e. The first kappa shape index (κ1) is 16.4. The molecule has 0 atom stereocenters. The zero-order valence-corrected chi connectivity index (χ0v) is 12.2. The summed E-state index contributed by atoms with van der Waals surface area (Å²) in [6.07, 6.45) is 2.31. The molecular weight excluding hydrogens is 270 g/mol. The Balaban J connectivity index is 2.15. The molecule has 0 amide bonds. The first-order chi connectivity index (χ1) is 8.93. The number of hydrogen-bond donors (Lipinski definition) is 1. The van der Waals surface area contributed by atoms with Crippen LogP contribution < -0.4 is 0 Å². The van der Waals surface area contributed by atoms with E-state index in [-0.39, 0.29) is 24.2 Å². The number of ether oxygens (including phenoxy) is 1. The maximum absolute atomic E-state index is 11.3. The molecule has 7 heteroatoms. The van der Waals surface area contributed by atoms with Gasteiger partial charge in [0.05, 0.1) is 11.9 Å². The van der Waals surface area contributed by atoms with Crippen LogP contribution in [0.5, 0.6) is 0 Å². The maximum atomic E-state index is 11.3. The van der Waals surface area contributed by atoms with Crippen LogP contribution in [0.1, 0.15) is 26.2 Å². The van der Waals surface area contributed by atoms with Gasteiger partial charge in [-0.25, -0.2) is 13.2 Å². The quantitative estimate of drug-likeness (QED) is 0.696. The average Bonchev–Trinajstić information content (AvgIpc) is 2.37. The number of likely N-dealkylation sites (tertiary alicyclic amines) is 1. The molecule has 0 radical (unpaired) electrons. The Morgan fingerprint density at radius 1 is 1.37 bits per heavy atom. The van der Waals surface area contributed by atoms with Gasteiger partial charge in [-0.1, -0.05) is 6.92 Å². The lowest BCUT2D eigenvalue weighted by Gasteiger charge is -2.31. The Morgan fingerprint density at radius 3 is 2.53 bits per heavy atom. The molecule has 6 nitrogen and oxygen atoms in total. The molecule has 1 fully saturated rings. The largest absolute Gasteiger partial charge is 0.480 e. The molecule has 1 aliphatic heterocycles.